The number of rotatable bonds is 2. The van der Waals surface area contributed by atoms with E-state index in [0.717, 1.165) is 0 Å². The third-order valence-electron chi connectivity index (χ3n) is 4.04. The molecule has 2 rings (SSSR count). The highest BCUT2D eigenvalue weighted by Gasteiger charge is 2.43. The second kappa shape index (κ2) is 5.66. The topological polar surface area (TPSA) is 41.6 Å². The number of carbonyl (C=O) groups excluding carboxylic acids is 1. The van der Waals surface area contributed by atoms with Crippen LogP contribution in [0.4, 0.5) is 13.2 Å². The summed E-state index contributed by atoms with van der Waals surface area (Å²) in [6.07, 6.45) is -4.13. The quantitative estimate of drug-likeness (QED) is 0.821. The van der Waals surface area contributed by atoms with Crippen LogP contribution in [0.3, 0.4) is 0 Å². The van der Waals surface area contributed by atoms with Crippen molar-refractivity contribution in [1.82, 2.24) is 10.2 Å². The van der Waals surface area contributed by atoms with E-state index >= 15 is 0 Å². The molecule has 0 aromatic carbocycles. The Morgan fingerprint density at radius 3 is 2.42 bits per heavy atom. The number of ether oxygens (including phenoxy) is 1. The molecule has 0 radical (unpaired) electrons. The number of nitrogens with one attached hydrogen (secondary N) is 1. The molecule has 110 valence electrons. The average Bonchev–Trinajstić information content (AvgIpc) is 2.85. The number of likely N-dealkylation sites (N-methyl/N-ethyl adjacent to an activating group) is 1. The summed E-state index contributed by atoms with van der Waals surface area (Å²) in [4.78, 5) is 13.8. The van der Waals surface area contributed by atoms with Gasteiger partial charge in [0, 0.05) is 19.1 Å². The third kappa shape index (κ3) is 3.20. The van der Waals surface area contributed by atoms with E-state index in [2.05, 4.69) is 5.32 Å². The Hall–Kier alpha value is -0.820. The van der Waals surface area contributed by atoms with Crippen molar-refractivity contribution in [1.29, 1.82) is 0 Å². The van der Waals surface area contributed by atoms with Crippen LogP contribution >= 0.6 is 0 Å². The summed E-state index contributed by atoms with van der Waals surface area (Å²) < 4.78 is 42.9. The Morgan fingerprint density at radius 1 is 1.26 bits per heavy atom. The number of hydrogen-bond acceptors (Lipinski definition) is 3. The van der Waals surface area contributed by atoms with Gasteiger partial charge in [0.05, 0.1) is 25.0 Å². The van der Waals surface area contributed by atoms with Gasteiger partial charge in [-0.2, -0.15) is 13.2 Å². The zero-order chi connectivity index (χ0) is 14.0. The molecule has 2 aliphatic heterocycles. The minimum Gasteiger partial charge on any atom is -0.379 e. The van der Waals surface area contributed by atoms with Crippen LogP contribution in [0.2, 0.25) is 0 Å². The van der Waals surface area contributed by atoms with Gasteiger partial charge in [0.1, 0.15) is 0 Å². The number of nitrogens with zero attached hydrogens (tertiary/aromatic N) is 1. The van der Waals surface area contributed by atoms with Crippen molar-refractivity contribution in [2.24, 2.45) is 11.8 Å². The van der Waals surface area contributed by atoms with E-state index in [1.807, 2.05) is 0 Å². The van der Waals surface area contributed by atoms with Crippen LogP contribution in [0.5, 0.6) is 0 Å². The van der Waals surface area contributed by atoms with Crippen molar-refractivity contribution in [2.75, 3.05) is 33.4 Å². The molecule has 2 fully saturated rings. The predicted octanol–water partition coefficient (Wildman–Crippen LogP) is 1.02. The lowest BCUT2D eigenvalue weighted by molar-refractivity contribution is -0.187. The largest absolute Gasteiger partial charge is 0.391 e. The molecule has 0 spiro atoms. The lowest BCUT2D eigenvalue weighted by Crippen LogP contribution is -2.48. The number of amides is 1. The van der Waals surface area contributed by atoms with Gasteiger partial charge in [-0.15, -0.1) is 0 Å². The van der Waals surface area contributed by atoms with Gasteiger partial charge < -0.3 is 15.0 Å². The van der Waals surface area contributed by atoms with E-state index in [9.17, 15) is 18.0 Å². The molecule has 19 heavy (non-hydrogen) atoms. The summed E-state index contributed by atoms with van der Waals surface area (Å²) in [6.45, 7) is 1.21. The van der Waals surface area contributed by atoms with E-state index in [-0.39, 0.29) is 43.8 Å². The molecule has 2 saturated heterocycles. The Labute approximate surface area is 110 Å². The average molecular weight is 280 g/mol. The monoisotopic (exact) mass is 280 g/mol. The molecule has 0 bridgehead atoms. The van der Waals surface area contributed by atoms with Gasteiger partial charge in [-0.05, 0) is 19.9 Å². The van der Waals surface area contributed by atoms with Crippen molar-refractivity contribution in [3.05, 3.63) is 0 Å². The van der Waals surface area contributed by atoms with Gasteiger partial charge in [0.2, 0.25) is 5.91 Å². The number of hydrogen-bond donors (Lipinski definition) is 1. The fraction of sp³-hybridized carbons (Fsp3) is 0.917. The van der Waals surface area contributed by atoms with Crippen LogP contribution < -0.4 is 5.32 Å². The van der Waals surface area contributed by atoms with E-state index < -0.39 is 12.1 Å². The number of likely N-dealkylation sites (tertiary alicyclic amines) is 1. The van der Waals surface area contributed by atoms with Crippen molar-refractivity contribution in [3.8, 4) is 0 Å². The maximum atomic E-state index is 12.6. The van der Waals surface area contributed by atoms with Crippen molar-refractivity contribution < 1.29 is 22.7 Å². The fourth-order valence-electron chi connectivity index (χ4n) is 2.74. The van der Waals surface area contributed by atoms with E-state index in [1.165, 1.54) is 0 Å². The van der Waals surface area contributed by atoms with Gasteiger partial charge in [-0.1, -0.05) is 0 Å². The Balaban J connectivity index is 1.89. The molecule has 2 atom stereocenters. The van der Waals surface area contributed by atoms with Crippen molar-refractivity contribution in [3.63, 3.8) is 0 Å². The summed E-state index contributed by atoms with van der Waals surface area (Å²) >= 11 is 0. The predicted molar refractivity (Wildman–Crippen MR) is 62.5 cm³/mol. The molecule has 2 aliphatic rings. The molecule has 0 aromatic rings. The first-order chi connectivity index (χ1) is 8.93. The zero-order valence-corrected chi connectivity index (χ0v) is 10.9. The smallest absolute Gasteiger partial charge is 0.379 e. The molecule has 2 unspecified atom stereocenters. The van der Waals surface area contributed by atoms with Crippen LogP contribution in [0.1, 0.15) is 12.8 Å². The molecule has 1 N–H and O–H groups in total. The van der Waals surface area contributed by atoms with Gasteiger partial charge in [-0.25, -0.2) is 0 Å². The van der Waals surface area contributed by atoms with E-state index in [0.29, 0.717) is 13.2 Å². The van der Waals surface area contributed by atoms with Crippen LogP contribution in [0.25, 0.3) is 0 Å². The molecule has 2 heterocycles. The van der Waals surface area contributed by atoms with Gasteiger partial charge in [0.15, 0.2) is 0 Å². The first kappa shape index (κ1) is 14.6. The third-order valence-corrected chi connectivity index (χ3v) is 4.04. The zero-order valence-electron chi connectivity index (χ0n) is 10.9. The summed E-state index contributed by atoms with van der Waals surface area (Å²) in [5.74, 6) is -1.62. The van der Waals surface area contributed by atoms with E-state index in [4.69, 9.17) is 4.74 Å². The summed E-state index contributed by atoms with van der Waals surface area (Å²) in [6, 6.07) is -0.0344. The number of halogens is 3. The van der Waals surface area contributed by atoms with Crippen LogP contribution in [-0.4, -0.2) is 56.4 Å². The summed E-state index contributed by atoms with van der Waals surface area (Å²) in [5, 5.41) is 3.01. The van der Waals surface area contributed by atoms with Gasteiger partial charge >= 0.3 is 6.18 Å². The Bertz CT molecular complexity index is 327. The molecule has 4 nitrogen and oxygen atoms in total. The second-order valence-electron chi connectivity index (χ2n) is 5.18. The lowest BCUT2D eigenvalue weighted by Gasteiger charge is -2.34. The molecule has 0 aromatic heterocycles. The molecule has 0 aliphatic carbocycles. The molecule has 7 heteroatoms. The highest BCUT2D eigenvalue weighted by molar-refractivity contribution is 5.80. The van der Waals surface area contributed by atoms with E-state index in [1.54, 1.807) is 11.9 Å². The number of carbonyl (C=O) groups is 1. The first-order valence-corrected chi connectivity index (χ1v) is 6.54. The standard InChI is InChI=1S/C12H19F3N2O2/c1-16-10-7-19-6-9(10)11(18)17-4-2-8(3-5-17)12(13,14)15/h8-10,16H,2-7H2,1H3. The summed E-state index contributed by atoms with van der Waals surface area (Å²) in [5.41, 5.74) is 0. The molecule has 0 saturated carbocycles. The highest BCUT2D eigenvalue weighted by Crippen LogP contribution is 2.34. The fourth-order valence-corrected chi connectivity index (χ4v) is 2.74. The Kier molecular flexibility index (Phi) is 4.35. The summed E-state index contributed by atoms with van der Waals surface area (Å²) in [7, 11) is 1.76. The van der Waals surface area contributed by atoms with Crippen LogP contribution in [0, 0.1) is 11.8 Å². The van der Waals surface area contributed by atoms with Gasteiger partial charge in [-0.3, -0.25) is 4.79 Å². The van der Waals surface area contributed by atoms with Crippen molar-refractivity contribution >= 4 is 5.91 Å². The normalized spacial score (nSPS) is 29.8. The number of alkyl halides is 3. The minimum absolute atomic E-state index is 0.00698. The second-order valence-corrected chi connectivity index (χ2v) is 5.18. The van der Waals surface area contributed by atoms with Crippen LogP contribution in [0.15, 0.2) is 0 Å². The molecule has 1 amide bonds. The van der Waals surface area contributed by atoms with Crippen LogP contribution in [-0.2, 0) is 9.53 Å². The molecular formula is C12H19F3N2O2. The van der Waals surface area contributed by atoms with Crippen molar-refractivity contribution in [2.45, 2.75) is 25.1 Å². The Morgan fingerprint density at radius 2 is 1.89 bits per heavy atom. The SMILES string of the molecule is CNC1COCC1C(=O)N1CCC(C(F)(F)F)CC1. The van der Waals surface area contributed by atoms with Gasteiger partial charge in [0.25, 0.3) is 0 Å². The highest BCUT2D eigenvalue weighted by atomic mass is 19.4. The maximum absolute atomic E-state index is 12.6. The molecular weight excluding hydrogens is 261 g/mol. The number of piperidine rings is 1. The maximum Gasteiger partial charge on any atom is 0.391 e. The first-order valence-electron chi connectivity index (χ1n) is 6.54. The lowest BCUT2D eigenvalue weighted by atomic mass is 9.94. The minimum atomic E-state index is -4.14.